The minimum atomic E-state index is -2.94. The molecule has 1 aromatic heterocycles. The van der Waals surface area contributed by atoms with E-state index in [0.29, 0.717) is 18.1 Å². The molecule has 2 unspecified atom stereocenters. The number of para-hydroxylation sites is 1. The largest absolute Gasteiger partial charge is 0.384 e. The zero-order chi connectivity index (χ0) is 14.4. The van der Waals surface area contributed by atoms with Gasteiger partial charge in [-0.1, -0.05) is 23.4 Å². The lowest BCUT2D eigenvalue weighted by atomic mass is 10.0. The molecule has 110 valence electrons. The van der Waals surface area contributed by atoms with Crippen molar-refractivity contribution in [2.45, 2.75) is 18.3 Å². The van der Waals surface area contributed by atoms with Gasteiger partial charge in [0.25, 0.3) is 0 Å². The summed E-state index contributed by atoms with van der Waals surface area (Å²) in [7, 11) is -2.94. The van der Waals surface area contributed by atoms with E-state index in [1.54, 1.807) is 0 Å². The number of aromatic nitrogens is 2. The average molecular weight is 305 g/mol. The van der Waals surface area contributed by atoms with Gasteiger partial charge in [0, 0.05) is 18.2 Å². The summed E-state index contributed by atoms with van der Waals surface area (Å²) in [6, 6.07) is 8.04. The number of hydrogen-bond donors (Lipinski definition) is 1. The molecule has 0 amide bonds. The summed E-state index contributed by atoms with van der Waals surface area (Å²) in [5, 5.41) is 7.32. The Bertz CT molecular complexity index is 784. The van der Waals surface area contributed by atoms with E-state index >= 15 is 0 Å². The molecule has 0 radical (unpaired) electrons. The Kier molecular flexibility index (Phi) is 2.78. The summed E-state index contributed by atoms with van der Waals surface area (Å²) in [5.74, 6) is 1.35. The van der Waals surface area contributed by atoms with Crippen molar-refractivity contribution >= 4 is 15.5 Å². The molecule has 1 aromatic carbocycles. The number of nitrogens with one attached hydrogen (secondary N) is 1. The molecular formula is C14H15N3O3S. The van der Waals surface area contributed by atoms with E-state index in [4.69, 9.17) is 4.52 Å². The van der Waals surface area contributed by atoms with Gasteiger partial charge in [-0.25, -0.2) is 8.42 Å². The number of hydrogen-bond acceptors (Lipinski definition) is 6. The lowest BCUT2D eigenvalue weighted by molar-refractivity contribution is 0.363. The Morgan fingerprint density at radius 3 is 2.95 bits per heavy atom. The molecule has 2 aliphatic heterocycles. The topological polar surface area (TPSA) is 85.1 Å². The van der Waals surface area contributed by atoms with Gasteiger partial charge in [0.15, 0.2) is 15.7 Å². The fourth-order valence-corrected chi connectivity index (χ4v) is 4.80. The summed E-state index contributed by atoms with van der Waals surface area (Å²) >= 11 is 0. The molecule has 0 saturated carbocycles. The lowest BCUT2D eigenvalue weighted by Crippen LogP contribution is -2.07. The fourth-order valence-electron chi connectivity index (χ4n) is 3.06. The normalized spacial score (nSPS) is 26.5. The first kappa shape index (κ1) is 12.8. The fraction of sp³-hybridized carbons (Fsp3) is 0.429. The van der Waals surface area contributed by atoms with E-state index in [9.17, 15) is 8.42 Å². The molecule has 0 spiro atoms. The molecule has 2 atom stereocenters. The average Bonchev–Trinajstić information content (AvgIpc) is 3.15. The first-order chi connectivity index (χ1) is 10.1. The van der Waals surface area contributed by atoms with Gasteiger partial charge in [-0.05, 0) is 18.1 Å². The molecule has 0 bridgehead atoms. The van der Waals surface area contributed by atoms with Crippen LogP contribution < -0.4 is 5.32 Å². The highest BCUT2D eigenvalue weighted by Crippen LogP contribution is 2.36. The number of anilines is 1. The predicted octanol–water partition coefficient (Wildman–Crippen LogP) is 1.53. The van der Waals surface area contributed by atoms with Crippen LogP contribution in [0.4, 0.5) is 5.69 Å². The van der Waals surface area contributed by atoms with Gasteiger partial charge in [0.05, 0.1) is 17.4 Å². The summed E-state index contributed by atoms with van der Waals surface area (Å²) in [4.78, 5) is 4.46. The number of fused-ring (bicyclic) bond motifs is 1. The lowest BCUT2D eigenvalue weighted by Gasteiger charge is -2.03. The highest BCUT2D eigenvalue weighted by atomic mass is 32.2. The molecule has 1 fully saturated rings. The van der Waals surface area contributed by atoms with E-state index in [2.05, 4.69) is 15.5 Å². The molecule has 4 rings (SSSR count). The van der Waals surface area contributed by atoms with E-state index in [-0.39, 0.29) is 23.3 Å². The van der Waals surface area contributed by atoms with Gasteiger partial charge < -0.3 is 9.84 Å². The van der Waals surface area contributed by atoms with Gasteiger partial charge in [-0.15, -0.1) is 0 Å². The first-order valence-corrected chi connectivity index (χ1v) is 8.81. The van der Waals surface area contributed by atoms with Crippen LogP contribution in [-0.2, 0) is 9.84 Å². The number of sulfone groups is 1. The van der Waals surface area contributed by atoms with E-state index in [0.717, 1.165) is 17.8 Å². The highest BCUT2D eigenvalue weighted by molar-refractivity contribution is 7.91. The SMILES string of the molecule is O=S1(=O)CCC(c2noc(C3CNc4ccccc43)n2)C1. The second-order valence-corrected chi connectivity index (χ2v) is 7.84. The van der Waals surface area contributed by atoms with Crippen molar-refractivity contribution in [3.63, 3.8) is 0 Å². The third kappa shape index (κ3) is 2.21. The molecule has 1 N–H and O–H groups in total. The van der Waals surface area contributed by atoms with Crippen LogP contribution in [-0.4, -0.2) is 36.6 Å². The van der Waals surface area contributed by atoms with Crippen LogP contribution in [0.2, 0.25) is 0 Å². The number of rotatable bonds is 2. The summed E-state index contributed by atoms with van der Waals surface area (Å²) in [6.07, 6.45) is 0.584. The van der Waals surface area contributed by atoms with E-state index in [1.807, 2.05) is 24.3 Å². The van der Waals surface area contributed by atoms with E-state index in [1.165, 1.54) is 0 Å². The molecule has 7 heteroatoms. The maximum absolute atomic E-state index is 11.5. The van der Waals surface area contributed by atoms with Gasteiger partial charge in [-0.3, -0.25) is 0 Å². The van der Waals surface area contributed by atoms with Crippen LogP contribution in [0.25, 0.3) is 0 Å². The Morgan fingerprint density at radius 1 is 1.29 bits per heavy atom. The smallest absolute Gasteiger partial charge is 0.236 e. The minimum Gasteiger partial charge on any atom is -0.384 e. The van der Waals surface area contributed by atoms with Crippen molar-refractivity contribution in [3.05, 3.63) is 41.5 Å². The van der Waals surface area contributed by atoms with Crippen molar-refractivity contribution < 1.29 is 12.9 Å². The van der Waals surface area contributed by atoms with Crippen molar-refractivity contribution in [1.82, 2.24) is 10.1 Å². The van der Waals surface area contributed by atoms with Crippen LogP contribution in [0.5, 0.6) is 0 Å². The van der Waals surface area contributed by atoms with Crippen molar-refractivity contribution in [2.75, 3.05) is 23.4 Å². The highest BCUT2D eigenvalue weighted by Gasteiger charge is 2.34. The summed E-state index contributed by atoms with van der Waals surface area (Å²) < 4.78 is 28.5. The molecule has 1 saturated heterocycles. The maximum atomic E-state index is 11.5. The van der Waals surface area contributed by atoms with Crippen molar-refractivity contribution in [2.24, 2.45) is 0 Å². The molecule has 3 heterocycles. The summed E-state index contributed by atoms with van der Waals surface area (Å²) in [5.41, 5.74) is 2.23. The second kappa shape index (κ2) is 4.56. The van der Waals surface area contributed by atoms with Crippen LogP contribution in [0.1, 0.15) is 35.5 Å². The quantitative estimate of drug-likeness (QED) is 0.905. The third-order valence-corrected chi connectivity index (χ3v) is 5.95. The van der Waals surface area contributed by atoms with Crippen molar-refractivity contribution in [1.29, 1.82) is 0 Å². The zero-order valence-electron chi connectivity index (χ0n) is 11.3. The van der Waals surface area contributed by atoms with Crippen molar-refractivity contribution in [3.8, 4) is 0 Å². The first-order valence-electron chi connectivity index (χ1n) is 6.99. The van der Waals surface area contributed by atoms with Crippen LogP contribution in [0, 0.1) is 0 Å². The monoisotopic (exact) mass is 305 g/mol. The van der Waals surface area contributed by atoms with Crippen LogP contribution >= 0.6 is 0 Å². The molecule has 6 nitrogen and oxygen atoms in total. The van der Waals surface area contributed by atoms with E-state index < -0.39 is 9.84 Å². The standard InChI is InChI=1S/C14H15N3O3S/c18-21(19)6-5-9(8-21)13-16-14(20-17-13)11-7-15-12-4-2-1-3-10(11)12/h1-4,9,11,15H,5-8H2. The Labute approximate surface area is 122 Å². The van der Waals surface area contributed by atoms with Gasteiger partial charge >= 0.3 is 0 Å². The second-order valence-electron chi connectivity index (χ2n) is 5.61. The zero-order valence-corrected chi connectivity index (χ0v) is 12.1. The summed E-state index contributed by atoms with van der Waals surface area (Å²) in [6.45, 7) is 0.726. The minimum absolute atomic E-state index is 0.0421. The van der Waals surface area contributed by atoms with Crippen LogP contribution in [0.15, 0.2) is 28.8 Å². The molecule has 21 heavy (non-hydrogen) atoms. The van der Waals surface area contributed by atoms with Gasteiger partial charge in [0.2, 0.25) is 5.89 Å². The Morgan fingerprint density at radius 2 is 2.14 bits per heavy atom. The predicted molar refractivity (Wildman–Crippen MR) is 77.1 cm³/mol. The Hall–Kier alpha value is -1.89. The van der Waals surface area contributed by atoms with Gasteiger partial charge in [-0.2, -0.15) is 4.98 Å². The molecule has 0 aliphatic carbocycles. The van der Waals surface area contributed by atoms with Crippen LogP contribution in [0.3, 0.4) is 0 Å². The molecule has 2 aliphatic rings. The maximum Gasteiger partial charge on any atom is 0.236 e. The molecular weight excluding hydrogens is 290 g/mol. The Balaban J connectivity index is 1.61. The number of benzene rings is 1. The third-order valence-electron chi connectivity index (χ3n) is 4.19. The molecule has 2 aromatic rings. The van der Waals surface area contributed by atoms with Gasteiger partial charge in [0.1, 0.15) is 0 Å². The number of nitrogens with zero attached hydrogens (tertiary/aromatic N) is 2.